The lowest BCUT2D eigenvalue weighted by Gasteiger charge is -2.38. The van der Waals surface area contributed by atoms with E-state index < -0.39 is 0 Å². The van der Waals surface area contributed by atoms with Crippen LogP contribution in [-0.2, 0) is 9.59 Å². The molecular weight excluding hydrogens is 372 g/mol. The molecule has 150 valence electrons. The van der Waals surface area contributed by atoms with Crippen molar-refractivity contribution < 1.29 is 14.1 Å². The molecule has 2 amide bonds. The zero-order chi connectivity index (χ0) is 20.0. The quantitative estimate of drug-likeness (QED) is 0.626. The number of amides is 2. The third-order valence-electron chi connectivity index (χ3n) is 5.93. The van der Waals surface area contributed by atoms with Crippen molar-refractivity contribution in [1.29, 1.82) is 0 Å². The largest absolute Gasteiger partial charge is 0.345 e. The van der Waals surface area contributed by atoms with E-state index in [1.165, 1.54) is 0 Å². The SMILES string of the molecule is CC(=O)N1CC(n2cc3ccc(-c4noc(C5CCN(C=O)CC5)n4)cc3n2)C1. The number of carbonyl (C=O) groups is 2. The third-order valence-corrected chi connectivity index (χ3v) is 5.93. The number of rotatable bonds is 4. The van der Waals surface area contributed by atoms with Crippen LogP contribution in [0.25, 0.3) is 22.3 Å². The van der Waals surface area contributed by atoms with Gasteiger partial charge in [-0.3, -0.25) is 14.3 Å². The normalized spacial score (nSPS) is 18.2. The van der Waals surface area contributed by atoms with Gasteiger partial charge in [0.25, 0.3) is 0 Å². The minimum atomic E-state index is 0.102. The molecule has 9 nitrogen and oxygen atoms in total. The first-order valence-electron chi connectivity index (χ1n) is 9.88. The second-order valence-corrected chi connectivity index (χ2v) is 7.83. The summed E-state index contributed by atoms with van der Waals surface area (Å²) in [4.78, 5) is 30.4. The van der Waals surface area contributed by atoms with Crippen molar-refractivity contribution in [3.8, 4) is 11.4 Å². The summed E-state index contributed by atoms with van der Waals surface area (Å²) in [7, 11) is 0. The molecule has 0 unspecified atom stereocenters. The summed E-state index contributed by atoms with van der Waals surface area (Å²) >= 11 is 0. The van der Waals surface area contributed by atoms with Gasteiger partial charge in [-0.2, -0.15) is 10.1 Å². The highest BCUT2D eigenvalue weighted by Crippen LogP contribution is 2.29. The number of likely N-dealkylation sites (tertiary alicyclic amines) is 2. The maximum absolute atomic E-state index is 11.4. The van der Waals surface area contributed by atoms with Gasteiger partial charge in [0.15, 0.2) is 0 Å². The topological polar surface area (TPSA) is 97.4 Å². The molecular formula is C20H22N6O3. The number of benzene rings is 1. The van der Waals surface area contributed by atoms with Crippen LogP contribution in [0.4, 0.5) is 0 Å². The summed E-state index contributed by atoms with van der Waals surface area (Å²) in [5, 5.41) is 9.88. The molecule has 1 aromatic carbocycles. The van der Waals surface area contributed by atoms with Crippen LogP contribution >= 0.6 is 0 Å². The van der Waals surface area contributed by atoms with Crippen LogP contribution in [0.5, 0.6) is 0 Å². The van der Waals surface area contributed by atoms with E-state index in [1.54, 1.807) is 11.8 Å². The number of hydrogen-bond donors (Lipinski definition) is 0. The van der Waals surface area contributed by atoms with E-state index in [0.717, 1.165) is 48.8 Å². The van der Waals surface area contributed by atoms with Gasteiger partial charge in [0.05, 0.1) is 11.6 Å². The fourth-order valence-electron chi connectivity index (χ4n) is 4.01. The first-order valence-corrected chi connectivity index (χ1v) is 9.88. The lowest BCUT2D eigenvalue weighted by molar-refractivity contribution is -0.134. The van der Waals surface area contributed by atoms with Crippen molar-refractivity contribution in [3.63, 3.8) is 0 Å². The summed E-state index contributed by atoms with van der Waals surface area (Å²) < 4.78 is 7.45. The molecule has 2 saturated heterocycles. The molecule has 4 heterocycles. The van der Waals surface area contributed by atoms with Crippen molar-refractivity contribution in [2.45, 2.75) is 31.7 Å². The maximum atomic E-state index is 11.4. The Balaban J connectivity index is 1.33. The predicted octanol–water partition coefficient (Wildman–Crippen LogP) is 1.83. The molecule has 0 bridgehead atoms. The Hall–Kier alpha value is -3.23. The van der Waals surface area contributed by atoms with Gasteiger partial charge in [0.2, 0.25) is 24.0 Å². The molecule has 0 aliphatic carbocycles. The summed E-state index contributed by atoms with van der Waals surface area (Å²) in [6, 6.07) is 6.18. The predicted molar refractivity (Wildman–Crippen MR) is 104 cm³/mol. The van der Waals surface area contributed by atoms with Crippen LogP contribution < -0.4 is 0 Å². The number of piperidine rings is 1. The molecule has 2 fully saturated rings. The highest BCUT2D eigenvalue weighted by Gasteiger charge is 2.30. The Bertz CT molecular complexity index is 1060. The smallest absolute Gasteiger partial charge is 0.230 e. The molecule has 0 N–H and O–H groups in total. The Kier molecular flexibility index (Phi) is 4.30. The van der Waals surface area contributed by atoms with Crippen LogP contribution in [0, 0.1) is 0 Å². The average molecular weight is 394 g/mol. The zero-order valence-electron chi connectivity index (χ0n) is 16.2. The van der Waals surface area contributed by atoms with E-state index in [2.05, 4.69) is 15.2 Å². The van der Waals surface area contributed by atoms with Crippen LogP contribution in [0.2, 0.25) is 0 Å². The van der Waals surface area contributed by atoms with Gasteiger partial charge in [-0.1, -0.05) is 17.3 Å². The van der Waals surface area contributed by atoms with Crippen LogP contribution in [0.1, 0.15) is 37.6 Å². The Morgan fingerprint density at radius 3 is 2.76 bits per heavy atom. The zero-order valence-corrected chi connectivity index (χ0v) is 16.2. The van der Waals surface area contributed by atoms with Gasteiger partial charge in [-0.05, 0) is 18.9 Å². The number of aromatic nitrogens is 4. The first-order chi connectivity index (χ1) is 14.1. The van der Waals surface area contributed by atoms with Crippen molar-refractivity contribution in [2.75, 3.05) is 26.2 Å². The molecule has 29 heavy (non-hydrogen) atoms. The molecule has 2 aliphatic heterocycles. The fourth-order valence-corrected chi connectivity index (χ4v) is 4.01. The number of carbonyl (C=O) groups excluding carboxylic acids is 2. The third kappa shape index (κ3) is 3.26. The number of fused-ring (bicyclic) bond motifs is 1. The lowest BCUT2D eigenvalue weighted by Crippen LogP contribution is -2.49. The average Bonchev–Trinajstić information content (AvgIpc) is 3.33. The van der Waals surface area contributed by atoms with Gasteiger partial charge in [0, 0.05) is 56.2 Å². The number of nitrogens with zero attached hydrogens (tertiary/aromatic N) is 6. The first kappa shape index (κ1) is 17.8. The standard InChI is InChI=1S/C20H22N6O3/c1-13(28)25-10-17(11-25)26-9-16-3-2-15(8-18(16)22-26)19-21-20(29-23-19)14-4-6-24(12-27)7-5-14/h2-3,8-9,12,14,17H,4-7,10-11H2,1H3. The summed E-state index contributed by atoms with van der Waals surface area (Å²) in [5.74, 6) is 1.49. The molecule has 5 rings (SSSR count). The van der Waals surface area contributed by atoms with E-state index in [4.69, 9.17) is 4.52 Å². The molecule has 0 spiro atoms. The van der Waals surface area contributed by atoms with Gasteiger partial charge in [-0.15, -0.1) is 0 Å². The van der Waals surface area contributed by atoms with E-state index in [0.29, 0.717) is 24.8 Å². The minimum Gasteiger partial charge on any atom is -0.345 e. The van der Waals surface area contributed by atoms with E-state index in [9.17, 15) is 9.59 Å². The Morgan fingerprint density at radius 1 is 1.24 bits per heavy atom. The maximum Gasteiger partial charge on any atom is 0.230 e. The summed E-state index contributed by atoms with van der Waals surface area (Å²) in [6.45, 7) is 4.43. The lowest BCUT2D eigenvalue weighted by atomic mass is 9.97. The van der Waals surface area contributed by atoms with Gasteiger partial charge in [0.1, 0.15) is 0 Å². The molecule has 0 atom stereocenters. The van der Waals surface area contributed by atoms with Gasteiger partial charge < -0.3 is 14.3 Å². The van der Waals surface area contributed by atoms with Gasteiger partial charge >= 0.3 is 0 Å². The van der Waals surface area contributed by atoms with Crippen LogP contribution in [0.15, 0.2) is 28.9 Å². The molecule has 2 aliphatic rings. The molecule has 9 heteroatoms. The molecule has 3 aromatic rings. The Labute approximate surface area is 167 Å². The van der Waals surface area contributed by atoms with Crippen molar-refractivity contribution in [1.82, 2.24) is 29.7 Å². The Morgan fingerprint density at radius 2 is 2.03 bits per heavy atom. The van der Waals surface area contributed by atoms with Crippen molar-refractivity contribution >= 4 is 23.2 Å². The highest BCUT2D eigenvalue weighted by molar-refractivity contribution is 5.82. The van der Waals surface area contributed by atoms with Gasteiger partial charge in [-0.25, -0.2) is 0 Å². The second-order valence-electron chi connectivity index (χ2n) is 7.83. The molecule has 0 saturated carbocycles. The van der Waals surface area contributed by atoms with E-state index in [-0.39, 0.29) is 17.9 Å². The minimum absolute atomic E-state index is 0.102. The van der Waals surface area contributed by atoms with E-state index in [1.807, 2.05) is 34.0 Å². The summed E-state index contributed by atoms with van der Waals surface area (Å²) in [6.07, 6.45) is 4.58. The fraction of sp³-hybridized carbons (Fsp3) is 0.450. The monoisotopic (exact) mass is 394 g/mol. The van der Waals surface area contributed by atoms with E-state index >= 15 is 0 Å². The highest BCUT2D eigenvalue weighted by atomic mass is 16.5. The van der Waals surface area contributed by atoms with Crippen LogP contribution in [-0.4, -0.2) is 68.2 Å². The van der Waals surface area contributed by atoms with Crippen LogP contribution in [0.3, 0.4) is 0 Å². The molecule has 2 aromatic heterocycles. The van der Waals surface area contributed by atoms with Crippen molar-refractivity contribution in [3.05, 3.63) is 30.3 Å². The number of hydrogen-bond acceptors (Lipinski definition) is 6. The molecule has 0 radical (unpaired) electrons. The summed E-state index contributed by atoms with van der Waals surface area (Å²) in [5.41, 5.74) is 1.73. The second kappa shape index (κ2) is 6.98. The van der Waals surface area contributed by atoms with Crippen molar-refractivity contribution in [2.24, 2.45) is 0 Å².